The Bertz CT molecular complexity index is 569. The Kier molecular flexibility index (Phi) is 4.08. The van der Waals surface area contributed by atoms with Crippen LogP contribution in [-0.4, -0.2) is 6.10 Å². The first-order valence-corrected chi connectivity index (χ1v) is 7.71. The molecule has 0 radical (unpaired) electrons. The standard InChI is InChI=1S/C17H23NO2/c1-3-14-15-10-6-7-11-16(15)19-17(14)12(2)18-20-13-8-4-5-9-13/h6-7,10-13,18H,3-5,8-9H2,1-2H3. The second-order valence-corrected chi connectivity index (χ2v) is 5.66. The summed E-state index contributed by atoms with van der Waals surface area (Å²) >= 11 is 0. The molecule has 0 saturated heterocycles. The highest BCUT2D eigenvalue weighted by molar-refractivity contribution is 5.82. The minimum atomic E-state index is 0.0814. The predicted molar refractivity (Wildman–Crippen MR) is 80.5 cm³/mol. The molecule has 3 rings (SSSR count). The summed E-state index contributed by atoms with van der Waals surface area (Å²) in [7, 11) is 0. The average molecular weight is 273 g/mol. The van der Waals surface area contributed by atoms with Crippen LogP contribution in [0.5, 0.6) is 0 Å². The van der Waals surface area contributed by atoms with E-state index in [2.05, 4.69) is 31.5 Å². The highest BCUT2D eigenvalue weighted by Gasteiger charge is 2.21. The SMILES string of the molecule is CCc1c(C(C)NOC2CCCC2)oc2ccccc12. The van der Waals surface area contributed by atoms with Crippen LogP contribution in [0.25, 0.3) is 11.0 Å². The zero-order chi connectivity index (χ0) is 13.9. The highest BCUT2D eigenvalue weighted by atomic mass is 16.7. The fraction of sp³-hybridized carbons (Fsp3) is 0.529. The van der Waals surface area contributed by atoms with E-state index in [9.17, 15) is 0 Å². The molecule has 1 unspecified atom stereocenters. The summed E-state index contributed by atoms with van der Waals surface area (Å²) in [4.78, 5) is 5.80. The monoisotopic (exact) mass is 273 g/mol. The van der Waals surface area contributed by atoms with Crippen molar-refractivity contribution in [3.8, 4) is 0 Å². The van der Waals surface area contributed by atoms with Crippen LogP contribution >= 0.6 is 0 Å². The normalized spacial score (nSPS) is 17.9. The summed E-state index contributed by atoms with van der Waals surface area (Å²) in [5.74, 6) is 1.01. The van der Waals surface area contributed by atoms with E-state index >= 15 is 0 Å². The number of benzene rings is 1. The van der Waals surface area contributed by atoms with Crippen molar-refractivity contribution in [1.82, 2.24) is 5.48 Å². The van der Waals surface area contributed by atoms with Gasteiger partial charge in [-0.05, 0) is 32.3 Å². The second-order valence-electron chi connectivity index (χ2n) is 5.66. The van der Waals surface area contributed by atoms with Gasteiger partial charge in [-0.15, -0.1) is 0 Å². The van der Waals surface area contributed by atoms with E-state index in [1.807, 2.05) is 12.1 Å². The summed E-state index contributed by atoms with van der Waals surface area (Å²) in [6.45, 7) is 4.27. The topological polar surface area (TPSA) is 34.4 Å². The molecular formula is C17H23NO2. The molecule has 3 heteroatoms. The van der Waals surface area contributed by atoms with E-state index in [0.29, 0.717) is 6.10 Å². The maximum Gasteiger partial charge on any atom is 0.134 e. The molecule has 20 heavy (non-hydrogen) atoms. The van der Waals surface area contributed by atoms with Gasteiger partial charge in [-0.1, -0.05) is 38.0 Å². The maximum absolute atomic E-state index is 6.02. The lowest BCUT2D eigenvalue weighted by Crippen LogP contribution is -2.25. The molecule has 1 heterocycles. The lowest BCUT2D eigenvalue weighted by atomic mass is 10.1. The fourth-order valence-corrected chi connectivity index (χ4v) is 3.09. The van der Waals surface area contributed by atoms with Gasteiger partial charge in [0.25, 0.3) is 0 Å². The molecule has 3 nitrogen and oxygen atoms in total. The zero-order valence-corrected chi connectivity index (χ0v) is 12.3. The van der Waals surface area contributed by atoms with Gasteiger partial charge in [-0.3, -0.25) is 4.84 Å². The van der Waals surface area contributed by atoms with Crippen molar-refractivity contribution in [2.75, 3.05) is 0 Å². The number of fused-ring (bicyclic) bond motifs is 1. The first-order valence-electron chi connectivity index (χ1n) is 7.71. The zero-order valence-electron chi connectivity index (χ0n) is 12.3. The van der Waals surface area contributed by atoms with Gasteiger partial charge in [0.05, 0.1) is 12.1 Å². The van der Waals surface area contributed by atoms with Gasteiger partial charge in [-0.25, -0.2) is 0 Å². The van der Waals surface area contributed by atoms with Gasteiger partial charge in [-0.2, -0.15) is 5.48 Å². The average Bonchev–Trinajstić information content (AvgIpc) is 3.11. The number of rotatable bonds is 5. The summed E-state index contributed by atoms with van der Waals surface area (Å²) < 4.78 is 6.02. The number of para-hydroxylation sites is 1. The van der Waals surface area contributed by atoms with Crippen molar-refractivity contribution in [3.63, 3.8) is 0 Å². The summed E-state index contributed by atoms with van der Waals surface area (Å²) in [6, 6.07) is 8.32. The molecule has 0 aliphatic heterocycles. The number of furan rings is 1. The van der Waals surface area contributed by atoms with Crippen LogP contribution in [0.1, 0.15) is 56.9 Å². The van der Waals surface area contributed by atoms with Crippen LogP contribution in [0.2, 0.25) is 0 Å². The molecule has 1 aromatic heterocycles. The number of nitrogens with one attached hydrogen (secondary N) is 1. The van der Waals surface area contributed by atoms with E-state index in [1.165, 1.54) is 36.6 Å². The largest absolute Gasteiger partial charge is 0.459 e. The summed E-state index contributed by atoms with van der Waals surface area (Å²) in [5, 5.41) is 1.22. The minimum Gasteiger partial charge on any atom is -0.459 e. The Morgan fingerprint density at radius 1 is 1.30 bits per heavy atom. The molecule has 0 amide bonds. The van der Waals surface area contributed by atoms with Crippen molar-refractivity contribution < 1.29 is 9.25 Å². The quantitative estimate of drug-likeness (QED) is 0.813. The molecule has 0 spiro atoms. The first-order chi connectivity index (χ1) is 9.79. The van der Waals surface area contributed by atoms with Gasteiger partial charge in [0.2, 0.25) is 0 Å². The molecule has 1 aliphatic carbocycles. The maximum atomic E-state index is 6.02. The number of hydrogen-bond donors (Lipinski definition) is 1. The number of aryl methyl sites for hydroxylation is 1. The van der Waals surface area contributed by atoms with Crippen LogP contribution in [0, 0.1) is 0 Å². The molecule has 108 valence electrons. The lowest BCUT2D eigenvalue weighted by Gasteiger charge is -2.16. The van der Waals surface area contributed by atoms with Crippen LogP contribution in [0.15, 0.2) is 28.7 Å². The van der Waals surface area contributed by atoms with Gasteiger partial charge >= 0.3 is 0 Å². The predicted octanol–water partition coefficient (Wildman–Crippen LogP) is 4.52. The van der Waals surface area contributed by atoms with Crippen molar-refractivity contribution in [2.24, 2.45) is 0 Å². The van der Waals surface area contributed by atoms with Crippen molar-refractivity contribution in [1.29, 1.82) is 0 Å². The summed E-state index contributed by atoms with van der Waals surface area (Å²) in [6.07, 6.45) is 6.24. The van der Waals surface area contributed by atoms with Crippen molar-refractivity contribution in [2.45, 2.75) is 58.1 Å². The number of hydroxylamine groups is 1. The third-order valence-corrected chi connectivity index (χ3v) is 4.19. The van der Waals surface area contributed by atoms with Crippen molar-refractivity contribution >= 4 is 11.0 Å². The van der Waals surface area contributed by atoms with Gasteiger partial charge in [0.15, 0.2) is 0 Å². The van der Waals surface area contributed by atoms with Gasteiger partial charge in [0.1, 0.15) is 11.3 Å². The molecule has 1 N–H and O–H groups in total. The fourth-order valence-electron chi connectivity index (χ4n) is 3.09. The van der Waals surface area contributed by atoms with Gasteiger partial charge in [0, 0.05) is 10.9 Å². The third-order valence-electron chi connectivity index (χ3n) is 4.19. The molecule has 1 atom stereocenters. The smallest absolute Gasteiger partial charge is 0.134 e. The second kappa shape index (κ2) is 5.98. The third kappa shape index (κ3) is 2.60. The number of hydrogen-bond acceptors (Lipinski definition) is 3. The van der Waals surface area contributed by atoms with Gasteiger partial charge < -0.3 is 4.42 Å². The van der Waals surface area contributed by atoms with Crippen LogP contribution in [0.3, 0.4) is 0 Å². The Hall–Kier alpha value is -1.32. The van der Waals surface area contributed by atoms with Crippen LogP contribution in [0.4, 0.5) is 0 Å². The van der Waals surface area contributed by atoms with E-state index in [4.69, 9.17) is 9.25 Å². The van der Waals surface area contributed by atoms with E-state index in [-0.39, 0.29) is 6.04 Å². The minimum absolute atomic E-state index is 0.0814. The lowest BCUT2D eigenvalue weighted by molar-refractivity contribution is -0.0408. The first kappa shape index (κ1) is 13.7. The Labute approximate surface area is 120 Å². The molecule has 1 aliphatic rings. The Morgan fingerprint density at radius 3 is 2.80 bits per heavy atom. The molecule has 2 aromatic rings. The molecular weight excluding hydrogens is 250 g/mol. The Morgan fingerprint density at radius 2 is 2.05 bits per heavy atom. The Balaban J connectivity index is 1.77. The molecule has 1 saturated carbocycles. The molecule has 1 aromatic carbocycles. The van der Waals surface area contributed by atoms with Crippen LogP contribution in [-0.2, 0) is 11.3 Å². The molecule has 1 fully saturated rings. The van der Waals surface area contributed by atoms with E-state index in [0.717, 1.165) is 17.8 Å². The molecule has 0 bridgehead atoms. The summed E-state index contributed by atoms with van der Waals surface area (Å²) in [5.41, 5.74) is 5.44. The van der Waals surface area contributed by atoms with Crippen LogP contribution < -0.4 is 5.48 Å². The van der Waals surface area contributed by atoms with E-state index in [1.54, 1.807) is 0 Å². The highest BCUT2D eigenvalue weighted by Crippen LogP contribution is 2.31. The van der Waals surface area contributed by atoms with E-state index < -0.39 is 0 Å². The van der Waals surface area contributed by atoms with Crippen molar-refractivity contribution in [3.05, 3.63) is 35.6 Å².